The highest BCUT2D eigenvalue weighted by atomic mass is 16.6. The van der Waals surface area contributed by atoms with Crippen molar-refractivity contribution >= 4 is 23.3 Å². The Morgan fingerprint density at radius 2 is 2.17 bits per heavy atom. The van der Waals surface area contributed by atoms with Crippen molar-refractivity contribution < 1.29 is 19.6 Å². The summed E-state index contributed by atoms with van der Waals surface area (Å²) in [6, 6.07) is 3.59. The van der Waals surface area contributed by atoms with Crippen LogP contribution in [-0.4, -0.2) is 45.9 Å². The van der Waals surface area contributed by atoms with Gasteiger partial charge >= 0.3 is 5.97 Å². The fourth-order valence-corrected chi connectivity index (χ4v) is 2.69. The van der Waals surface area contributed by atoms with Gasteiger partial charge in [-0.05, 0) is 31.9 Å². The van der Waals surface area contributed by atoms with E-state index in [1.54, 1.807) is 17.9 Å². The van der Waals surface area contributed by atoms with Gasteiger partial charge in [0.2, 0.25) is 5.91 Å². The maximum Gasteiger partial charge on any atom is 0.320 e. The number of piperidine rings is 1. The number of nitro groups is 1. The fourth-order valence-electron chi connectivity index (χ4n) is 2.69. The van der Waals surface area contributed by atoms with Crippen LogP contribution in [0.2, 0.25) is 0 Å². The summed E-state index contributed by atoms with van der Waals surface area (Å²) in [6.45, 7) is 2.25. The van der Waals surface area contributed by atoms with Crippen LogP contribution in [0.25, 0.3) is 0 Å². The second kappa shape index (κ2) is 7.19. The minimum absolute atomic E-state index is 0.0426. The van der Waals surface area contributed by atoms with Crippen LogP contribution >= 0.6 is 0 Å². The third-order valence-electron chi connectivity index (χ3n) is 3.95. The molecule has 8 nitrogen and oxygen atoms in total. The summed E-state index contributed by atoms with van der Waals surface area (Å²) in [6.07, 6.45) is 2.21. The molecule has 2 rings (SSSR count). The molecule has 1 fully saturated rings. The average molecular weight is 321 g/mol. The molecular formula is C15H19N3O5. The minimum Gasteiger partial charge on any atom is -0.480 e. The van der Waals surface area contributed by atoms with Gasteiger partial charge in [-0.15, -0.1) is 0 Å². The molecule has 1 aliphatic heterocycles. The highest BCUT2D eigenvalue weighted by Gasteiger charge is 2.29. The lowest BCUT2D eigenvalue weighted by Gasteiger charge is -2.32. The van der Waals surface area contributed by atoms with E-state index in [4.69, 9.17) is 0 Å². The van der Waals surface area contributed by atoms with Crippen molar-refractivity contribution in [2.24, 2.45) is 0 Å². The SMILES string of the molecule is Cc1ccc([N+](=O)[O-])cc1NC(=O)CN1CCCCC1C(=O)O. The van der Waals surface area contributed by atoms with Gasteiger partial charge in [0.1, 0.15) is 6.04 Å². The van der Waals surface area contributed by atoms with E-state index in [9.17, 15) is 24.8 Å². The molecule has 1 aromatic rings. The fraction of sp³-hybridized carbons (Fsp3) is 0.467. The first-order valence-corrected chi connectivity index (χ1v) is 7.40. The molecule has 124 valence electrons. The third-order valence-corrected chi connectivity index (χ3v) is 3.95. The van der Waals surface area contributed by atoms with E-state index < -0.39 is 16.9 Å². The summed E-state index contributed by atoms with van der Waals surface area (Å²) in [4.78, 5) is 35.3. The summed E-state index contributed by atoms with van der Waals surface area (Å²) in [5.74, 6) is -1.30. The van der Waals surface area contributed by atoms with Crippen molar-refractivity contribution in [1.29, 1.82) is 0 Å². The van der Waals surface area contributed by atoms with Gasteiger partial charge in [-0.2, -0.15) is 0 Å². The molecule has 1 saturated heterocycles. The Bertz CT molecular complexity index is 632. The number of aliphatic carboxylic acids is 1. The van der Waals surface area contributed by atoms with Gasteiger partial charge in [0.25, 0.3) is 5.69 Å². The minimum atomic E-state index is -0.927. The number of carbonyl (C=O) groups is 2. The Balaban J connectivity index is 2.05. The van der Waals surface area contributed by atoms with Crippen LogP contribution < -0.4 is 5.32 Å². The quantitative estimate of drug-likeness (QED) is 0.631. The van der Waals surface area contributed by atoms with Gasteiger partial charge in [-0.3, -0.25) is 24.6 Å². The van der Waals surface area contributed by atoms with Crippen LogP contribution in [0.4, 0.5) is 11.4 Å². The number of carbonyl (C=O) groups excluding carboxylic acids is 1. The number of aryl methyl sites for hydroxylation is 1. The number of anilines is 1. The number of nitrogens with one attached hydrogen (secondary N) is 1. The van der Waals surface area contributed by atoms with Crippen LogP contribution in [0.15, 0.2) is 18.2 Å². The molecule has 1 aromatic carbocycles. The Labute approximate surface area is 133 Å². The second-order valence-corrected chi connectivity index (χ2v) is 5.62. The number of likely N-dealkylation sites (tertiary alicyclic amines) is 1. The second-order valence-electron chi connectivity index (χ2n) is 5.62. The van der Waals surface area contributed by atoms with Crippen molar-refractivity contribution in [1.82, 2.24) is 4.90 Å². The van der Waals surface area contributed by atoms with Gasteiger partial charge in [-0.25, -0.2) is 0 Å². The maximum absolute atomic E-state index is 12.2. The zero-order valence-electron chi connectivity index (χ0n) is 12.8. The molecule has 2 N–H and O–H groups in total. The molecule has 8 heteroatoms. The van der Waals surface area contributed by atoms with Crippen LogP contribution in [-0.2, 0) is 9.59 Å². The molecule has 0 aromatic heterocycles. The largest absolute Gasteiger partial charge is 0.480 e. The molecule has 1 unspecified atom stereocenters. The molecule has 0 saturated carbocycles. The Morgan fingerprint density at radius 1 is 1.43 bits per heavy atom. The number of non-ortho nitro benzene ring substituents is 1. The number of amides is 1. The molecule has 0 radical (unpaired) electrons. The van der Waals surface area contributed by atoms with Gasteiger partial charge in [0, 0.05) is 12.1 Å². The number of hydrogen-bond acceptors (Lipinski definition) is 5. The lowest BCUT2D eigenvalue weighted by atomic mass is 10.0. The van der Waals surface area contributed by atoms with Gasteiger partial charge in [0.15, 0.2) is 0 Å². The normalized spacial score (nSPS) is 18.4. The summed E-state index contributed by atoms with van der Waals surface area (Å²) in [5, 5.41) is 22.6. The molecular weight excluding hydrogens is 302 g/mol. The number of carboxylic acid groups (broad SMARTS) is 1. The molecule has 23 heavy (non-hydrogen) atoms. The zero-order chi connectivity index (χ0) is 17.0. The third kappa shape index (κ3) is 4.26. The first-order chi connectivity index (χ1) is 10.9. The molecule has 0 bridgehead atoms. The summed E-state index contributed by atoms with van der Waals surface area (Å²) in [5.41, 5.74) is 0.970. The lowest BCUT2D eigenvalue weighted by molar-refractivity contribution is -0.384. The first-order valence-electron chi connectivity index (χ1n) is 7.40. The predicted molar refractivity (Wildman–Crippen MR) is 83.3 cm³/mol. The van der Waals surface area contributed by atoms with E-state index in [0.717, 1.165) is 12.8 Å². The van der Waals surface area contributed by atoms with Crippen LogP contribution in [0.1, 0.15) is 24.8 Å². The van der Waals surface area contributed by atoms with E-state index in [2.05, 4.69) is 5.32 Å². The van der Waals surface area contributed by atoms with Crippen LogP contribution in [0, 0.1) is 17.0 Å². The highest BCUT2D eigenvalue weighted by molar-refractivity contribution is 5.93. The van der Waals surface area contributed by atoms with Crippen molar-refractivity contribution in [2.45, 2.75) is 32.2 Å². The number of nitro benzene ring substituents is 1. The maximum atomic E-state index is 12.2. The highest BCUT2D eigenvalue weighted by Crippen LogP contribution is 2.22. The molecule has 1 amide bonds. The first kappa shape index (κ1) is 16.9. The van der Waals surface area contributed by atoms with Crippen molar-refractivity contribution in [3.05, 3.63) is 33.9 Å². The molecule has 1 aliphatic rings. The summed E-state index contributed by atoms with van der Waals surface area (Å²) in [7, 11) is 0. The zero-order valence-corrected chi connectivity index (χ0v) is 12.8. The van der Waals surface area contributed by atoms with E-state index in [1.807, 2.05) is 0 Å². The molecule has 0 spiro atoms. The van der Waals surface area contributed by atoms with Gasteiger partial charge in [0.05, 0.1) is 17.2 Å². The number of carboxylic acids is 1. The summed E-state index contributed by atoms with van der Waals surface area (Å²) >= 11 is 0. The lowest BCUT2D eigenvalue weighted by Crippen LogP contribution is -2.47. The molecule has 1 heterocycles. The number of benzene rings is 1. The average Bonchev–Trinajstić information content (AvgIpc) is 2.49. The van der Waals surface area contributed by atoms with Crippen LogP contribution in [0.3, 0.4) is 0 Å². The molecule has 1 atom stereocenters. The number of nitrogens with zero attached hydrogens (tertiary/aromatic N) is 2. The van der Waals surface area contributed by atoms with Gasteiger partial charge < -0.3 is 10.4 Å². The Morgan fingerprint density at radius 3 is 2.83 bits per heavy atom. The number of hydrogen-bond donors (Lipinski definition) is 2. The van der Waals surface area contributed by atoms with Crippen molar-refractivity contribution in [2.75, 3.05) is 18.4 Å². The number of rotatable bonds is 5. The van der Waals surface area contributed by atoms with E-state index in [1.165, 1.54) is 12.1 Å². The standard InChI is InChI=1S/C15H19N3O5/c1-10-5-6-11(18(22)23)8-12(10)16-14(19)9-17-7-3-2-4-13(17)15(20)21/h5-6,8,13H,2-4,7,9H2,1H3,(H,16,19)(H,20,21). The predicted octanol–water partition coefficient (Wildman–Crippen LogP) is 1.78. The van der Waals surface area contributed by atoms with Crippen LogP contribution in [0.5, 0.6) is 0 Å². The van der Waals surface area contributed by atoms with E-state index in [-0.39, 0.29) is 18.1 Å². The van der Waals surface area contributed by atoms with Gasteiger partial charge in [-0.1, -0.05) is 12.5 Å². The monoisotopic (exact) mass is 321 g/mol. The van der Waals surface area contributed by atoms with Crippen molar-refractivity contribution in [3.63, 3.8) is 0 Å². The van der Waals surface area contributed by atoms with E-state index in [0.29, 0.717) is 24.2 Å². The Kier molecular flexibility index (Phi) is 5.28. The Hall–Kier alpha value is -2.48. The van der Waals surface area contributed by atoms with Crippen molar-refractivity contribution in [3.8, 4) is 0 Å². The summed E-state index contributed by atoms with van der Waals surface area (Å²) < 4.78 is 0. The topological polar surface area (TPSA) is 113 Å². The smallest absolute Gasteiger partial charge is 0.320 e. The van der Waals surface area contributed by atoms with E-state index >= 15 is 0 Å². The molecule has 0 aliphatic carbocycles.